The molecule has 0 unspecified atom stereocenters. The molecular formula is C28H26Cl2N2O2. The number of carbonyl (C=O) groups excluding carboxylic acids is 1. The van der Waals surface area contributed by atoms with Crippen LogP contribution in [0.2, 0.25) is 10.2 Å². The zero-order chi connectivity index (χ0) is 24.1. The molecule has 0 radical (unpaired) electrons. The standard InChI is InChI=1S/C28H26Cl2N2O2/c1-3-19-10-13-25-21(16-19)17-22(27(30)31-25)18-32(15-14-20-8-11-23(29)12-9-20)28(33)24-6-4-5-7-26(24)34-2/h4-13,16-17H,3,14-15,18H2,1-2H3. The van der Waals surface area contributed by atoms with Gasteiger partial charge in [-0.2, -0.15) is 0 Å². The second kappa shape index (κ2) is 10.9. The number of pyridine rings is 1. The van der Waals surface area contributed by atoms with E-state index in [1.165, 1.54) is 5.56 Å². The maximum Gasteiger partial charge on any atom is 0.257 e. The SMILES string of the molecule is CCc1ccc2nc(Cl)c(CN(CCc3ccc(Cl)cc3)C(=O)c3ccccc3OC)cc2c1. The van der Waals surface area contributed by atoms with Gasteiger partial charge in [0.1, 0.15) is 10.9 Å². The molecule has 4 rings (SSSR count). The Bertz CT molecular complexity index is 1310. The Hall–Kier alpha value is -3.08. The highest BCUT2D eigenvalue weighted by Crippen LogP contribution is 2.26. The fourth-order valence-electron chi connectivity index (χ4n) is 3.94. The third-order valence-corrected chi connectivity index (χ3v) is 6.46. The summed E-state index contributed by atoms with van der Waals surface area (Å²) in [5.41, 5.74) is 4.49. The minimum absolute atomic E-state index is 0.120. The van der Waals surface area contributed by atoms with Gasteiger partial charge in [0.15, 0.2) is 0 Å². The van der Waals surface area contributed by atoms with Crippen LogP contribution < -0.4 is 4.74 Å². The van der Waals surface area contributed by atoms with Gasteiger partial charge in [-0.05, 0) is 66.4 Å². The van der Waals surface area contributed by atoms with Crippen molar-refractivity contribution in [2.75, 3.05) is 13.7 Å². The first-order valence-corrected chi connectivity index (χ1v) is 12.0. The van der Waals surface area contributed by atoms with Crippen molar-refractivity contribution in [2.24, 2.45) is 0 Å². The Morgan fingerprint density at radius 3 is 2.44 bits per heavy atom. The predicted octanol–water partition coefficient (Wildman–Crippen LogP) is 7.00. The van der Waals surface area contributed by atoms with E-state index in [1.807, 2.05) is 48.5 Å². The summed E-state index contributed by atoms with van der Waals surface area (Å²) in [5.74, 6) is 0.421. The van der Waals surface area contributed by atoms with Gasteiger partial charge in [-0.25, -0.2) is 4.98 Å². The smallest absolute Gasteiger partial charge is 0.257 e. The van der Waals surface area contributed by atoms with Crippen LogP contribution in [0.3, 0.4) is 0 Å². The molecular weight excluding hydrogens is 467 g/mol. The van der Waals surface area contributed by atoms with E-state index in [1.54, 1.807) is 24.1 Å². The molecule has 0 saturated heterocycles. The highest BCUT2D eigenvalue weighted by Gasteiger charge is 2.21. The van der Waals surface area contributed by atoms with Crippen LogP contribution >= 0.6 is 23.2 Å². The lowest BCUT2D eigenvalue weighted by molar-refractivity contribution is 0.0741. The number of ether oxygens (including phenoxy) is 1. The van der Waals surface area contributed by atoms with E-state index in [2.05, 4.69) is 24.0 Å². The van der Waals surface area contributed by atoms with Crippen LogP contribution in [0.4, 0.5) is 0 Å². The van der Waals surface area contributed by atoms with Crippen LogP contribution in [0.1, 0.15) is 34.0 Å². The predicted molar refractivity (Wildman–Crippen MR) is 139 cm³/mol. The summed E-state index contributed by atoms with van der Waals surface area (Å²) in [5, 5.41) is 2.10. The third-order valence-electron chi connectivity index (χ3n) is 5.88. The number of fused-ring (bicyclic) bond motifs is 1. The second-order valence-corrected chi connectivity index (χ2v) is 8.92. The lowest BCUT2D eigenvalue weighted by Gasteiger charge is -2.24. The summed E-state index contributed by atoms with van der Waals surface area (Å²) < 4.78 is 5.45. The number of aryl methyl sites for hydroxylation is 1. The Balaban J connectivity index is 1.67. The van der Waals surface area contributed by atoms with Crippen molar-refractivity contribution in [3.63, 3.8) is 0 Å². The summed E-state index contributed by atoms with van der Waals surface area (Å²) >= 11 is 12.6. The summed E-state index contributed by atoms with van der Waals surface area (Å²) in [7, 11) is 1.57. The Morgan fingerprint density at radius 2 is 1.71 bits per heavy atom. The van der Waals surface area contributed by atoms with Crippen molar-refractivity contribution in [1.82, 2.24) is 9.88 Å². The van der Waals surface area contributed by atoms with Gasteiger partial charge in [-0.3, -0.25) is 4.79 Å². The van der Waals surface area contributed by atoms with Crippen molar-refractivity contribution in [1.29, 1.82) is 0 Å². The van der Waals surface area contributed by atoms with E-state index in [0.717, 1.165) is 28.5 Å². The Labute approximate surface area is 210 Å². The molecule has 1 aromatic heterocycles. The van der Waals surface area contributed by atoms with E-state index in [4.69, 9.17) is 27.9 Å². The number of halogens is 2. The van der Waals surface area contributed by atoms with Crippen molar-refractivity contribution in [3.05, 3.63) is 105 Å². The number of benzene rings is 3. The summed E-state index contributed by atoms with van der Waals surface area (Å²) in [6.07, 6.45) is 1.62. The van der Waals surface area contributed by atoms with Crippen molar-refractivity contribution in [3.8, 4) is 5.75 Å². The Kier molecular flexibility index (Phi) is 7.71. The first kappa shape index (κ1) is 24.1. The van der Waals surface area contributed by atoms with Gasteiger partial charge < -0.3 is 9.64 Å². The third kappa shape index (κ3) is 5.52. The van der Waals surface area contributed by atoms with E-state index in [9.17, 15) is 4.79 Å². The molecule has 6 heteroatoms. The Morgan fingerprint density at radius 1 is 0.971 bits per heavy atom. The zero-order valence-corrected chi connectivity index (χ0v) is 20.7. The first-order chi connectivity index (χ1) is 16.5. The van der Waals surface area contributed by atoms with Gasteiger partial charge >= 0.3 is 0 Å². The van der Waals surface area contributed by atoms with Gasteiger partial charge in [0.25, 0.3) is 5.91 Å². The number of methoxy groups -OCH3 is 1. The summed E-state index contributed by atoms with van der Waals surface area (Å²) in [6, 6.07) is 23.2. The van der Waals surface area contributed by atoms with E-state index in [0.29, 0.717) is 41.0 Å². The molecule has 0 atom stereocenters. The van der Waals surface area contributed by atoms with Crippen molar-refractivity contribution in [2.45, 2.75) is 26.3 Å². The minimum atomic E-state index is -0.120. The molecule has 34 heavy (non-hydrogen) atoms. The zero-order valence-electron chi connectivity index (χ0n) is 19.2. The monoisotopic (exact) mass is 492 g/mol. The maximum atomic E-state index is 13.6. The quantitative estimate of drug-likeness (QED) is 0.248. The topological polar surface area (TPSA) is 42.4 Å². The van der Waals surface area contributed by atoms with Crippen LogP contribution in [-0.4, -0.2) is 29.4 Å². The molecule has 3 aromatic carbocycles. The fraction of sp³-hybridized carbons (Fsp3) is 0.214. The lowest BCUT2D eigenvalue weighted by atomic mass is 10.1. The fourth-order valence-corrected chi connectivity index (χ4v) is 4.27. The number of para-hydroxylation sites is 1. The number of aromatic nitrogens is 1. The van der Waals surface area contributed by atoms with Crippen LogP contribution in [-0.2, 0) is 19.4 Å². The molecule has 0 saturated carbocycles. The van der Waals surface area contributed by atoms with E-state index >= 15 is 0 Å². The van der Waals surface area contributed by atoms with Crippen molar-refractivity contribution < 1.29 is 9.53 Å². The summed E-state index contributed by atoms with van der Waals surface area (Å²) in [4.78, 5) is 20.0. The molecule has 174 valence electrons. The number of amides is 1. The average molecular weight is 493 g/mol. The molecule has 0 bridgehead atoms. The number of carbonyl (C=O) groups is 1. The maximum absolute atomic E-state index is 13.6. The normalized spacial score (nSPS) is 10.9. The molecule has 1 heterocycles. The largest absolute Gasteiger partial charge is 0.496 e. The van der Waals surface area contributed by atoms with Crippen LogP contribution in [0.5, 0.6) is 5.75 Å². The highest BCUT2D eigenvalue weighted by atomic mass is 35.5. The molecule has 4 nitrogen and oxygen atoms in total. The number of hydrogen-bond donors (Lipinski definition) is 0. The first-order valence-electron chi connectivity index (χ1n) is 11.2. The van der Waals surface area contributed by atoms with Crippen molar-refractivity contribution >= 4 is 40.0 Å². The van der Waals surface area contributed by atoms with Gasteiger partial charge in [0.2, 0.25) is 0 Å². The van der Waals surface area contributed by atoms with Gasteiger partial charge in [0, 0.05) is 29.1 Å². The summed E-state index contributed by atoms with van der Waals surface area (Å²) in [6.45, 7) is 2.96. The molecule has 4 aromatic rings. The highest BCUT2D eigenvalue weighted by molar-refractivity contribution is 6.30. The van der Waals surface area contributed by atoms with E-state index in [-0.39, 0.29) is 5.91 Å². The van der Waals surface area contributed by atoms with Crippen LogP contribution in [0, 0.1) is 0 Å². The molecule has 0 fully saturated rings. The van der Waals surface area contributed by atoms with Crippen LogP contribution in [0.25, 0.3) is 10.9 Å². The van der Waals surface area contributed by atoms with E-state index < -0.39 is 0 Å². The molecule has 0 aliphatic heterocycles. The number of nitrogens with zero attached hydrogens (tertiary/aromatic N) is 2. The molecule has 1 amide bonds. The molecule has 0 spiro atoms. The van der Waals surface area contributed by atoms with Gasteiger partial charge in [0.05, 0.1) is 18.2 Å². The lowest BCUT2D eigenvalue weighted by Crippen LogP contribution is -2.33. The van der Waals surface area contributed by atoms with Gasteiger partial charge in [-0.15, -0.1) is 0 Å². The molecule has 0 aliphatic carbocycles. The molecule has 0 aliphatic rings. The van der Waals surface area contributed by atoms with Gasteiger partial charge in [-0.1, -0.05) is 60.5 Å². The molecule has 0 N–H and O–H groups in total. The number of hydrogen-bond acceptors (Lipinski definition) is 3. The average Bonchev–Trinajstić information content (AvgIpc) is 2.87. The van der Waals surface area contributed by atoms with Crippen LogP contribution in [0.15, 0.2) is 72.8 Å². The second-order valence-electron chi connectivity index (χ2n) is 8.12. The minimum Gasteiger partial charge on any atom is -0.496 e. The number of rotatable bonds is 8.